The van der Waals surface area contributed by atoms with Crippen molar-refractivity contribution in [2.45, 2.75) is 31.8 Å². The van der Waals surface area contributed by atoms with Gasteiger partial charge in [-0.05, 0) is 50.6 Å². The average Bonchev–Trinajstić information content (AvgIpc) is 3.18. The van der Waals surface area contributed by atoms with Crippen molar-refractivity contribution in [3.05, 3.63) is 41.7 Å². The van der Waals surface area contributed by atoms with E-state index in [1.807, 2.05) is 36.0 Å². The van der Waals surface area contributed by atoms with Crippen LogP contribution in [-0.2, 0) is 0 Å². The van der Waals surface area contributed by atoms with Crippen LogP contribution >= 0.6 is 0 Å². The van der Waals surface area contributed by atoms with Gasteiger partial charge in [0.05, 0.1) is 26.3 Å². The van der Waals surface area contributed by atoms with E-state index in [1.165, 1.54) is 0 Å². The topological polar surface area (TPSA) is 77.4 Å². The Balaban J connectivity index is 1.70. The molecule has 1 aromatic carbocycles. The first kappa shape index (κ1) is 18.3. The summed E-state index contributed by atoms with van der Waals surface area (Å²) < 4.78 is 12.6. The molecule has 2 aromatic rings. The molecule has 0 bridgehead atoms. The van der Waals surface area contributed by atoms with E-state index >= 15 is 0 Å². The lowest BCUT2D eigenvalue weighted by atomic mass is 10.1. The first-order chi connectivity index (χ1) is 12.6. The highest BCUT2D eigenvalue weighted by atomic mass is 16.5. The molecule has 1 aliphatic heterocycles. The van der Waals surface area contributed by atoms with E-state index < -0.39 is 0 Å². The summed E-state index contributed by atoms with van der Waals surface area (Å²) >= 11 is 0. The van der Waals surface area contributed by atoms with Crippen LogP contribution < -0.4 is 20.1 Å². The van der Waals surface area contributed by atoms with Crippen molar-refractivity contribution in [1.29, 1.82) is 0 Å². The van der Waals surface area contributed by atoms with Gasteiger partial charge in [0.25, 0.3) is 5.91 Å². The zero-order valence-electron chi connectivity index (χ0n) is 15.5. The molecule has 0 spiro atoms. The third-order valence-corrected chi connectivity index (χ3v) is 4.74. The minimum absolute atomic E-state index is 0.204. The number of hydrogen-bond acceptors (Lipinski definition) is 5. The molecule has 1 amide bonds. The second kappa shape index (κ2) is 8.23. The SMILES string of the molecule is COc1ccc(OC)c(C(C)NC(=O)c2ccn(C3CCCNC3)n2)c1. The third kappa shape index (κ3) is 3.99. The Kier molecular flexibility index (Phi) is 5.78. The van der Waals surface area contributed by atoms with Crippen molar-refractivity contribution in [1.82, 2.24) is 20.4 Å². The van der Waals surface area contributed by atoms with E-state index in [4.69, 9.17) is 9.47 Å². The Morgan fingerprint density at radius 3 is 2.88 bits per heavy atom. The fraction of sp³-hybridized carbons (Fsp3) is 0.474. The number of aromatic nitrogens is 2. The van der Waals surface area contributed by atoms with Gasteiger partial charge in [-0.1, -0.05) is 0 Å². The zero-order chi connectivity index (χ0) is 18.5. The Bertz CT molecular complexity index is 753. The normalized spacial score (nSPS) is 18.2. The standard InChI is InChI=1S/C19H26N4O3/c1-13(16-11-15(25-2)6-7-18(16)26-3)21-19(24)17-8-10-23(22-17)14-5-4-9-20-12-14/h6-8,10-11,13-14,20H,4-5,9,12H2,1-3H3,(H,21,24). The van der Waals surface area contributed by atoms with Crippen molar-refractivity contribution < 1.29 is 14.3 Å². The second-order valence-corrected chi connectivity index (χ2v) is 6.48. The minimum Gasteiger partial charge on any atom is -0.497 e. The van der Waals surface area contributed by atoms with E-state index in [9.17, 15) is 4.79 Å². The second-order valence-electron chi connectivity index (χ2n) is 6.48. The van der Waals surface area contributed by atoms with Crippen molar-refractivity contribution in [3.8, 4) is 11.5 Å². The van der Waals surface area contributed by atoms with Crippen LogP contribution in [0.1, 0.15) is 47.9 Å². The van der Waals surface area contributed by atoms with Gasteiger partial charge < -0.3 is 20.1 Å². The van der Waals surface area contributed by atoms with Crippen LogP contribution in [0.3, 0.4) is 0 Å². The maximum absolute atomic E-state index is 12.6. The van der Waals surface area contributed by atoms with E-state index in [0.29, 0.717) is 17.5 Å². The third-order valence-electron chi connectivity index (χ3n) is 4.74. The maximum Gasteiger partial charge on any atom is 0.272 e. The Labute approximate surface area is 153 Å². The minimum atomic E-state index is -0.242. The maximum atomic E-state index is 12.6. The Morgan fingerprint density at radius 2 is 2.19 bits per heavy atom. The number of amides is 1. The van der Waals surface area contributed by atoms with E-state index in [0.717, 1.165) is 37.2 Å². The summed E-state index contributed by atoms with van der Waals surface area (Å²) in [5, 5.41) is 10.8. The molecular formula is C19H26N4O3. The molecular weight excluding hydrogens is 332 g/mol. The van der Waals surface area contributed by atoms with E-state index in [-0.39, 0.29) is 11.9 Å². The van der Waals surface area contributed by atoms with Crippen molar-refractivity contribution in [3.63, 3.8) is 0 Å². The molecule has 2 atom stereocenters. The van der Waals surface area contributed by atoms with E-state index in [1.54, 1.807) is 20.3 Å². The summed E-state index contributed by atoms with van der Waals surface area (Å²) in [7, 11) is 3.22. The first-order valence-corrected chi connectivity index (χ1v) is 8.91. The molecule has 2 unspecified atom stereocenters. The van der Waals surface area contributed by atoms with Gasteiger partial charge >= 0.3 is 0 Å². The van der Waals surface area contributed by atoms with Crippen molar-refractivity contribution >= 4 is 5.91 Å². The van der Waals surface area contributed by atoms with Gasteiger partial charge in [0.1, 0.15) is 17.2 Å². The number of hydrogen-bond donors (Lipinski definition) is 2. The average molecular weight is 358 g/mol. The number of carbonyl (C=O) groups excluding carboxylic acids is 1. The molecule has 0 saturated carbocycles. The predicted octanol–water partition coefficient (Wildman–Crippen LogP) is 2.32. The molecule has 1 aliphatic rings. The molecule has 0 aliphatic carbocycles. The van der Waals surface area contributed by atoms with Gasteiger partial charge in [-0.15, -0.1) is 0 Å². The van der Waals surface area contributed by atoms with Crippen molar-refractivity contribution in [2.75, 3.05) is 27.3 Å². The summed E-state index contributed by atoms with van der Waals surface area (Å²) in [6.45, 7) is 3.85. The van der Waals surface area contributed by atoms with Crippen LogP contribution in [0, 0.1) is 0 Å². The number of benzene rings is 1. The lowest BCUT2D eigenvalue weighted by molar-refractivity contribution is 0.0933. The van der Waals surface area contributed by atoms with Crippen molar-refractivity contribution in [2.24, 2.45) is 0 Å². The molecule has 0 radical (unpaired) electrons. The zero-order valence-corrected chi connectivity index (χ0v) is 15.5. The lowest BCUT2D eigenvalue weighted by Gasteiger charge is -2.23. The van der Waals surface area contributed by atoms with Gasteiger partial charge in [-0.3, -0.25) is 9.48 Å². The summed E-state index contributed by atoms with van der Waals surface area (Å²) in [5.74, 6) is 1.22. The smallest absolute Gasteiger partial charge is 0.272 e. The molecule has 1 aromatic heterocycles. The quantitative estimate of drug-likeness (QED) is 0.829. The fourth-order valence-electron chi connectivity index (χ4n) is 3.25. The molecule has 26 heavy (non-hydrogen) atoms. The van der Waals surface area contributed by atoms with Crippen LogP contribution in [0.15, 0.2) is 30.5 Å². The molecule has 1 fully saturated rings. The number of nitrogens with one attached hydrogen (secondary N) is 2. The van der Waals surface area contributed by atoms with Crippen LogP contribution in [0.5, 0.6) is 11.5 Å². The van der Waals surface area contributed by atoms with Crippen LogP contribution in [-0.4, -0.2) is 43.0 Å². The summed E-state index contributed by atoms with van der Waals surface area (Å²) in [5.41, 5.74) is 1.28. The molecule has 2 heterocycles. The largest absolute Gasteiger partial charge is 0.497 e. The monoisotopic (exact) mass is 358 g/mol. The summed E-state index contributed by atoms with van der Waals surface area (Å²) in [4.78, 5) is 12.6. The summed E-state index contributed by atoms with van der Waals surface area (Å²) in [6, 6.07) is 7.36. The number of methoxy groups -OCH3 is 2. The molecule has 7 nitrogen and oxygen atoms in total. The first-order valence-electron chi connectivity index (χ1n) is 8.91. The molecule has 3 rings (SSSR count). The van der Waals surface area contributed by atoms with Gasteiger partial charge in [0, 0.05) is 18.3 Å². The number of piperidine rings is 1. The van der Waals surface area contributed by atoms with Gasteiger partial charge in [0.2, 0.25) is 0 Å². The predicted molar refractivity (Wildman–Crippen MR) is 98.8 cm³/mol. The van der Waals surface area contributed by atoms with Crippen LogP contribution in [0.4, 0.5) is 0 Å². The number of ether oxygens (including phenoxy) is 2. The van der Waals surface area contributed by atoms with E-state index in [2.05, 4.69) is 15.7 Å². The van der Waals surface area contributed by atoms with Crippen LogP contribution in [0.2, 0.25) is 0 Å². The van der Waals surface area contributed by atoms with Gasteiger partial charge in [-0.25, -0.2) is 0 Å². The molecule has 1 saturated heterocycles. The Hall–Kier alpha value is -2.54. The van der Waals surface area contributed by atoms with Gasteiger partial charge in [-0.2, -0.15) is 5.10 Å². The molecule has 7 heteroatoms. The van der Waals surface area contributed by atoms with Crippen LogP contribution in [0.25, 0.3) is 0 Å². The number of carbonyl (C=O) groups is 1. The lowest BCUT2D eigenvalue weighted by Crippen LogP contribution is -2.32. The number of nitrogens with zero attached hydrogens (tertiary/aromatic N) is 2. The highest BCUT2D eigenvalue weighted by Crippen LogP contribution is 2.29. The fourth-order valence-corrected chi connectivity index (χ4v) is 3.25. The highest BCUT2D eigenvalue weighted by molar-refractivity contribution is 5.92. The summed E-state index contributed by atoms with van der Waals surface area (Å²) in [6.07, 6.45) is 4.08. The molecule has 140 valence electrons. The number of rotatable bonds is 6. The Morgan fingerprint density at radius 1 is 1.35 bits per heavy atom. The van der Waals surface area contributed by atoms with Gasteiger partial charge in [0.15, 0.2) is 0 Å². The highest BCUT2D eigenvalue weighted by Gasteiger charge is 2.20. The molecule has 2 N–H and O–H groups in total.